The molecule has 0 saturated heterocycles. The Labute approximate surface area is 197 Å². The van der Waals surface area contributed by atoms with Crippen LogP contribution in [0, 0.1) is 6.92 Å². The Balaban J connectivity index is 1.78. The Bertz CT molecular complexity index is 1170. The van der Waals surface area contributed by atoms with Crippen LogP contribution in [0.5, 0.6) is 0 Å². The highest BCUT2D eigenvalue weighted by Crippen LogP contribution is 2.40. The van der Waals surface area contributed by atoms with Crippen molar-refractivity contribution >= 4 is 11.9 Å². The maximum absolute atomic E-state index is 14.9. The van der Waals surface area contributed by atoms with E-state index in [1.165, 1.54) is 30.3 Å². The summed E-state index contributed by atoms with van der Waals surface area (Å²) < 4.78 is 56.3. The summed E-state index contributed by atoms with van der Waals surface area (Å²) in [5, 5.41) is 14.4. The average Bonchev–Trinajstić information content (AvgIpc) is 3.07. The predicted molar refractivity (Wildman–Crippen MR) is 127 cm³/mol. The molecule has 2 aromatic carbocycles. The molecule has 3 nitrogen and oxygen atoms in total. The van der Waals surface area contributed by atoms with Gasteiger partial charge in [0, 0.05) is 12.1 Å². The molecule has 0 spiro atoms. The Morgan fingerprint density at radius 1 is 0.971 bits per heavy atom. The topological polar surface area (TPSA) is 38.0 Å². The number of alkyl halides is 3. The summed E-state index contributed by atoms with van der Waals surface area (Å²) in [5.41, 5.74) is 0.662. The summed E-state index contributed by atoms with van der Waals surface area (Å²) in [5.74, 6) is -0.569. The number of benzene rings is 2. The van der Waals surface area contributed by atoms with Gasteiger partial charge in [0.1, 0.15) is 5.69 Å². The molecular formula is C27H30F4N2O. The molecule has 7 heteroatoms. The van der Waals surface area contributed by atoms with E-state index < -0.39 is 23.0 Å². The maximum Gasteiger partial charge on any atom is 0.397 e. The summed E-state index contributed by atoms with van der Waals surface area (Å²) in [6.45, 7) is 8.02. The fraction of sp³-hybridized carbons (Fsp3) is 0.370. The zero-order chi connectivity index (χ0) is 25.3. The number of aromatic nitrogens is 2. The second-order valence-electron chi connectivity index (χ2n) is 9.87. The first-order valence-electron chi connectivity index (χ1n) is 11.1. The molecule has 1 aromatic heterocycles. The molecule has 0 aliphatic carbocycles. The van der Waals surface area contributed by atoms with Crippen LogP contribution in [0.1, 0.15) is 61.3 Å². The standard InChI is InChI=1S/C27H30F4N2O/c1-18-13-24(32-33(18)17-21-8-6-7-20(14-21)16-25(2,3)34)23(28)15-19-9-11-22(12-10-19)26(4,5)27(29,30)31/h6-15,34H,16-17H2,1-5H3. The molecule has 0 radical (unpaired) electrons. The third kappa shape index (κ3) is 6.14. The van der Waals surface area contributed by atoms with Crippen LogP contribution >= 0.6 is 0 Å². The molecule has 3 rings (SSSR count). The Morgan fingerprint density at radius 3 is 2.18 bits per heavy atom. The molecule has 0 bridgehead atoms. The van der Waals surface area contributed by atoms with E-state index in [1.54, 1.807) is 24.6 Å². The number of hydrogen-bond donors (Lipinski definition) is 1. The van der Waals surface area contributed by atoms with Crippen LogP contribution in [-0.4, -0.2) is 26.7 Å². The van der Waals surface area contributed by atoms with E-state index in [0.29, 0.717) is 18.5 Å². The van der Waals surface area contributed by atoms with E-state index in [-0.39, 0.29) is 11.3 Å². The maximum atomic E-state index is 14.9. The third-order valence-electron chi connectivity index (χ3n) is 5.82. The second-order valence-corrected chi connectivity index (χ2v) is 9.87. The van der Waals surface area contributed by atoms with Gasteiger partial charge in [-0.1, -0.05) is 48.5 Å². The van der Waals surface area contributed by atoms with E-state index in [1.807, 2.05) is 31.2 Å². The van der Waals surface area contributed by atoms with Crippen molar-refractivity contribution in [2.75, 3.05) is 0 Å². The largest absolute Gasteiger partial charge is 0.397 e. The van der Waals surface area contributed by atoms with E-state index in [0.717, 1.165) is 30.7 Å². The van der Waals surface area contributed by atoms with Gasteiger partial charge in [0.15, 0.2) is 5.83 Å². The van der Waals surface area contributed by atoms with Crippen molar-refractivity contribution < 1.29 is 22.7 Å². The van der Waals surface area contributed by atoms with Crippen molar-refractivity contribution in [3.05, 3.63) is 88.2 Å². The number of aliphatic hydroxyl groups is 1. The number of rotatable bonds is 7. The van der Waals surface area contributed by atoms with Crippen molar-refractivity contribution in [2.24, 2.45) is 0 Å². The lowest BCUT2D eigenvalue weighted by Gasteiger charge is -2.28. The number of halogens is 4. The molecule has 0 unspecified atom stereocenters. The average molecular weight is 475 g/mol. The molecule has 1 N–H and O–H groups in total. The van der Waals surface area contributed by atoms with Crippen molar-refractivity contribution in [3.8, 4) is 0 Å². The summed E-state index contributed by atoms with van der Waals surface area (Å²) in [6.07, 6.45) is -2.60. The molecule has 182 valence electrons. The highest BCUT2D eigenvalue weighted by atomic mass is 19.4. The summed E-state index contributed by atoms with van der Waals surface area (Å²) in [4.78, 5) is 0. The number of nitrogens with zero attached hydrogens (tertiary/aromatic N) is 2. The minimum Gasteiger partial charge on any atom is -0.390 e. The number of aryl methyl sites for hydroxylation is 1. The highest BCUT2D eigenvalue weighted by Gasteiger charge is 2.48. The normalized spacial score (nSPS) is 13.4. The van der Waals surface area contributed by atoms with Crippen molar-refractivity contribution in [3.63, 3.8) is 0 Å². The second kappa shape index (κ2) is 9.37. The minimum atomic E-state index is -4.38. The van der Waals surface area contributed by atoms with Gasteiger partial charge in [0.2, 0.25) is 0 Å². The lowest BCUT2D eigenvalue weighted by Crippen LogP contribution is -2.36. The minimum absolute atomic E-state index is 0.115. The molecule has 3 aromatic rings. The molecule has 0 aliphatic rings. The van der Waals surface area contributed by atoms with Gasteiger partial charge in [0.25, 0.3) is 0 Å². The van der Waals surface area contributed by atoms with E-state index in [4.69, 9.17) is 0 Å². The van der Waals surface area contributed by atoms with Gasteiger partial charge in [-0.15, -0.1) is 0 Å². The molecule has 34 heavy (non-hydrogen) atoms. The molecule has 0 aliphatic heterocycles. The Kier molecular flexibility index (Phi) is 7.08. The summed E-state index contributed by atoms with van der Waals surface area (Å²) in [6, 6.07) is 15.1. The first-order valence-corrected chi connectivity index (χ1v) is 11.1. The quantitative estimate of drug-likeness (QED) is 0.380. The van der Waals surface area contributed by atoms with Gasteiger partial charge in [-0.25, -0.2) is 4.39 Å². The van der Waals surface area contributed by atoms with Crippen LogP contribution in [0.3, 0.4) is 0 Å². The van der Waals surface area contributed by atoms with E-state index in [9.17, 15) is 22.7 Å². The molecular weight excluding hydrogens is 444 g/mol. The van der Waals surface area contributed by atoms with Gasteiger partial charge in [0.05, 0.1) is 17.6 Å². The number of hydrogen-bond acceptors (Lipinski definition) is 2. The van der Waals surface area contributed by atoms with E-state index >= 15 is 0 Å². The fourth-order valence-electron chi connectivity index (χ4n) is 3.68. The summed E-state index contributed by atoms with van der Waals surface area (Å²) in [7, 11) is 0. The monoisotopic (exact) mass is 474 g/mol. The van der Waals surface area contributed by atoms with Gasteiger partial charge >= 0.3 is 6.18 Å². The van der Waals surface area contributed by atoms with Crippen LogP contribution in [-0.2, 0) is 18.4 Å². The lowest BCUT2D eigenvalue weighted by atomic mass is 9.83. The van der Waals surface area contributed by atoms with Crippen LogP contribution in [0.4, 0.5) is 17.6 Å². The summed E-state index contributed by atoms with van der Waals surface area (Å²) >= 11 is 0. The van der Waals surface area contributed by atoms with Crippen LogP contribution < -0.4 is 0 Å². The molecule has 0 fully saturated rings. The van der Waals surface area contributed by atoms with Crippen LogP contribution in [0.25, 0.3) is 11.9 Å². The smallest absolute Gasteiger partial charge is 0.390 e. The van der Waals surface area contributed by atoms with Crippen LogP contribution in [0.15, 0.2) is 54.6 Å². The van der Waals surface area contributed by atoms with Crippen LogP contribution in [0.2, 0.25) is 0 Å². The molecule has 0 amide bonds. The van der Waals surface area contributed by atoms with Gasteiger partial charge in [-0.3, -0.25) is 4.68 Å². The van der Waals surface area contributed by atoms with E-state index in [2.05, 4.69) is 5.10 Å². The fourth-order valence-corrected chi connectivity index (χ4v) is 3.68. The van der Waals surface area contributed by atoms with Gasteiger partial charge in [-0.2, -0.15) is 18.3 Å². The molecule has 0 atom stereocenters. The Morgan fingerprint density at radius 2 is 1.59 bits per heavy atom. The SMILES string of the molecule is Cc1cc(C(F)=Cc2ccc(C(C)(C)C(F)(F)F)cc2)nn1Cc1cccc(CC(C)(C)O)c1. The van der Waals surface area contributed by atoms with Crippen molar-refractivity contribution in [1.29, 1.82) is 0 Å². The zero-order valence-corrected chi connectivity index (χ0v) is 20.0. The van der Waals surface area contributed by atoms with Gasteiger partial charge < -0.3 is 5.11 Å². The van der Waals surface area contributed by atoms with Gasteiger partial charge in [-0.05, 0) is 69.0 Å². The molecule has 0 saturated carbocycles. The Hall–Kier alpha value is -2.93. The first kappa shape index (κ1) is 25.7. The molecule has 1 heterocycles. The van der Waals surface area contributed by atoms with Crippen molar-refractivity contribution in [1.82, 2.24) is 9.78 Å². The lowest BCUT2D eigenvalue weighted by molar-refractivity contribution is -0.180. The zero-order valence-electron chi connectivity index (χ0n) is 20.0. The highest BCUT2D eigenvalue weighted by molar-refractivity contribution is 5.75. The predicted octanol–water partition coefficient (Wildman–Crippen LogP) is 6.86. The first-order chi connectivity index (χ1) is 15.7. The third-order valence-corrected chi connectivity index (χ3v) is 5.82. The van der Waals surface area contributed by atoms with Crippen molar-refractivity contribution in [2.45, 2.75) is 64.8 Å².